The van der Waals surface area contributed by atoms with Crippen LogP contribution < -0.4 is 10.7 Å². The predicted molar refractivity (Wildman–Crippen MR) is 110 cm³/mol. The molecule has 0 radical (unpaired) electrons. The van der Waals surface area contributed by atoms with Gasteiger partial charge >= 0.3 is 0 Å². The van der Waals surface area contributed by atoms with Crippen molar-refractivity contribution in [3.8, 4) is 0 Å². The third-order valence-corrected chi connectivity index (χ3v) is 5.76. The van der Waals surface area contributed by atoms with Gasteiger partial charge in [-0.05, 0) is 32.4 Å². The average molecular weight is 399 g/mol. The van der Waals surface area contributed by atoms with Crippen molar-refractivity contribution in [3.63, 3.8) is 0 Å². The van der Waals surface area contributed by atoms with Crippen LogP contribution >= 0.6 is 11.8 Å². The summed E-state index contributed by atoms with van der Waals surface area (Å²) in [5.74, 6) is 0.434. The number of hydrogen-bond acceptors (Lipinski definition) is 6. The molecule has 1 aliphatic rings. The maximum absolute atomic E-state index is 14.3. The molecule has 7 nitrogen and oxygen atoms in total. The van der Waals surface area contributed by atoms with Crippen molar-refractivity contribution in [2.45, 2.75) is 38.9 Å². The Kier molecular flexibility index (Phi) is 4.94. The Morgan fingerprint density at radius 1 is 1.18 bits per heavy atom. The molecule has 0 fully saturated rings. The summed E-state index contributed by atoms with van der Waals surface area (Å²) >= 11 is 1.48. The summed E-state index contributed by atoms with van der Waals surface area (Å²) < 4.78 is 17.8. The number of halogens is 1. The van der Waals surface area contributed by atoms with Gasteiger partial charge in [-0.2, -0.15) is 15.3 Å². The van der Waals surface area contributed by atoms with E-state index in [1.807, 2.05) is 49.1 Å². The molecule has 0 saturated carbocycles. The molecule has 1 aliphatic heterocycles. The van der Waals surface area contributed by atoms with Crippen molar-refractivity contribution in [1.29, 1.82) is 0 Å². The standard InChI is InChI=1S/C19H22FN7S/c1-12-5-4-6-15(17(12)20)11-25-9-8-16(23-25)27-19(21)28-18(24-27)14(3)26-10-7-13(2)22-26/h4-10,14,19H,11,21H2,1-3H3. The Bertz CT molecular complexity index is 1020. The normalized spacial score (nSPS) is 17.8. The fourth-order valence-electron chi connectivity index (χ4n) is 3.05. The van der Waals surface area contributed by atoms with Crippen molar-refractivity contribution >= 4 is 22.6 Å². The molecule has 28 heavy (non-hydrogen) atoms. The number of thioether (sulfide) groups is 1. The number of hydrogen-bond donors (Lipinski definition) is 1. The van der Waals surface area contributed by atoms with E-state index in [2.05, 4.69) is 15.3 Å². The van der Waals surface area contributed by atoms with E-state index in [0.717, 1.165) is 10.7 Å². The molecule has 2 atom stereocenters. The van der Waals surface area contributed by atoms with Crippen LogP contribution in [-0.2, 0) is 6.54 Å². The Labute approximate surface area is 167 Å². The highest BCUT2D eigenvalue weighted by Crippen LogP contribution is 2.32. The Balaban J connectivity index is 1.53. The first kappa shape index (κ1) is 18.7. The van der Waals surface area contributed by atoms with E-state index in [-0.39, 0.29) is 17.4 Å². The third-order valence-electron chi connectivity index (χ3n) is 4.65. The highest BCUT2D eigenvalue weighted by atomic mass is 32.2. The molecule has 0 bridgehead atoms. The number of nitrogens with two attached hydrogens (primary N) is 1. The number of aryl methyl sites for hydroxylation is 2. The van der Waals surface area contributed by atoms with Crippen LogP contribution in [0.5, 0.6) is 0 Å². The predicted octanol–water partition coefficient (Wildman–Crippen LogP) is 3.25. The monoisotopic (exact) mass is 399 g/mol. The lowest BCUT2D eigenvalue weighted by Crippen LogP contribution is -2.32. The molecule has 4 rings (SSSR count). The second-order valence-electron chi connectivity index (χ2n) is 6.82. The molecule has 9 heteroatoms. The fourth-order valence-corrected chi connectivity index (χ4v) is 3.99. The lowest BCUT2D eigenvalue weighted by atomic mass is 10.1. The van der Waals surface area contributed by atoms with Crippen molar-refractivity contribution in [3.05, 3.63) is 65.4 Å². The summed E-state index contributed by atoms with van der Waals surface area (Å²) in [7, 11) is 0. The summed E-state index contributed by atoms with van der Waals surface area (Å²) in [5, 5.41) is 16.2. The molecule has 0 spiro atoms. The molecule has 2 unspecified atom stereocenters. The van der Waals surface area contributed by atoms with E-state index >= 15 is 0 Å². The van der Waals surface area contributed by atoms with E-state index in [1.165, 1.54) is 11.8 Å². The van der Waals surface area contributed by atoms with E-state index in [0.29, 0.717) is 23.5 Å². The smallest absolute Gasteiger partial charge is 0.173 e. The molecule has 0 saturated heterocycles. The Morgan fingerprint density at radius 3 is 2.75 bits per heavy atom. The topological polar surface area (TPSA) is 77.3 Å². The summed E-state index contributed by atoms with van der Waals surface area (Å²) in [6.07, 6.45) is 3.74. The van der Waals surface area contributed by atoms with Crippen LogP contribution in [-0.4, -0.2) is 30.1 Å². The number of hydrazone groups is 1. The summed E-state index contributed by atoms with van der Waals surface area (Å²) in [5.41, 5.74) is 8.08. The minimum absolute atomic E-state index is 0.0155. The molecule has 3 heterocycles. The van der Waals surface area contributed by atoms with Gasteiger partial charge in [-0.15, -0.1) is 0 Å². The van der Waals surface area contributed by atoms with Crippen LogP contribution in [0.15, 0.2) is 47.8 Å². The number of anilines is 1. The summed E-state index contributed by atoms with van der Waals surface area (Å²) in [4.78, 5) is 0. The van der Waals surface area contributed by atoms with Crippen molar-refractivity contribution in [2.75, 3.05) is 5.01 Å². The van der Waals surface area contributed by atoms with Gasteiger partial charge in [0.05, 0.1) is 18.3 Å². The molecular formula is C19H22FN7S. The van der Waals surface area contributed by atoms with Gasteiger partial charge in [-0.25, -0.2) is 9.40 Å². The minimum atomic E-state index is -0.367. The SMILES string of the molecule is Cc1ccn(C(C)C2=NN(c3ccn(Cc4cccc(C)c4F)n3)C(N)S2)n1. The van der Waals surface area contributed by atoms with Gasteiger partial charge in [-0.3, -0.25) is 9.36 Å². The quantitative estimate of drug-likeness (QED) is 0.713. The molecule has 146 valence electrons. The van der Waals surface area contributed by atoms with Gasteiger partial charge < -0.3 is 5.73 Å². The van der Waals surface area contributed by atoms with Gasteiger partial charge in [0.25, 0.3) is 0 Å². The summed E-state index contributed by atoms with van der Waals surface area (Å²) in [6.45, 7) is 6.10. The van der Waals surface area contributed by atoms with Crippen LogP contribution in [0, 0.1) is 19.7 Å². The van der Waals surface area contributed by atoms with Crippen LogP contribution in [0.4, 0.5) is 10.2 Å². The van der Waals surface area contributed by atoms with Gasteiger partial charge in [-0.1, -0.05) is 30.0 Å². The molecule has 0 aliphatic carbocycles. The van der Waals surface area contributed by atoms with Crippen molar-refractivity contribution in [1.82, 2.24) is 19.6 Å². The molecular weight excluding hydrogens is 377 g/mol. The minimum Gasteiger partial charge on any atom is -0.301 e. The largest absolute Gasteiger partial charge is 0.301 e. The van der Waals surface area contributed by atoms with Crippen molar-refractivity contribution < 1.29 is 4.39 Å². The first-order valence-corrected chi connectivity index (χ1v) is 9.89. The summed E-state index contributed by atoms with van der Waals surface area (Å²) in [6, 6.07) is 9.15. The number of nitrogens with zero attached hydrogens (tertiary/aromatic N) is 6. The van der Waals surface area contributed by atoms with Gasteiger partial charge in [0.1, 0.15) is 10.9 Å². The molecule has 2 aromatic heterocycles. The fraction of sp³-hybridized carbons (Fsp3) is 0.316. The Hall–Kier alpha value is -2.65. The van der Waals surface area contributed by atoms with Crippen LogP contribution in [0.25, 0.3) is 0 Å². The zero-order chi connectivity index (χ0) is 19.8. The second kappa shape index (κ2) is 7.40. The van der Waals surface area contributed by atoms with Crippen molar-refractivity contribution in [2.24, 2.45) is 10.8 Å². The lowest BCUT2D eigenvalue weighted by molar-refractivity contribution is 0.577. The second-order valence-corrected chi connectivity index (χ2v) is 7.96. The molecule has 3 aromatic rings. The van der Waals surface area contributed by atoms with Gasteiger partial charge in [0.2, 0.25) is 0 Å². The van der Waals surface area contributed by atoms with Gasteiger partial charge in [0.15, 0.2) is 11.3 Å². The first-order chi connectivity index (χ1) is 13.4. The van der Waals surface area contributed by atoms with Gasteiger partial charge in [0, 0.05) is 24.0 Å². The van der Waals surface area contributed by atoms with Crippen LogP contribution in [0.3, 0.4) is 0 Å². The average Bonchev–Trinajstić information content (AvgIpc) is 3.38. The van der Waals surface area contributed by atoms with Crippen LogP contribution in [0.2, 0.25) is 0 Å². The number of benzene rings is 1. The number of aromatic nitrogens is 4. The zero-order valence-corrected chi connectivity index (χ0v) is 16.8. The van der Waals surface area contributed by atoms with E-state index in [9.17, 15) is 4.39 Å². The third kappa shape index (κ3) is 3.55. The lowest BCUT2D eigenvalue weighted by Gasteiger charge is -2.15. The molecule has 2 N–H and O–H groups in total. The van der Waals surface area contributed by atoms with E-state index in [1.54, 1.807) is 28.7 Å². The maximum Gasteiger partial charge on any atom is 0.173 e. The Morgan fingerprint density at radius 2 is 2.00 bits per heavy atom. The number of rotatable bonds is 5. The van der Waals surface area contributed by atoms with E-state index < -0.39 is 0 Å². The van der Waals surface area contributed by atoms with E-state index in [4.69, 9.17) is 5.73 Å². The molecule has 1 aromatic carbocycles. The first-order valence-electron chi connectivity index (χ1n) is 9.01. The highest BCUT2D eigenvalue weighted by molar-refractivity contribution is 8.14. The highest BCUT2D eigenvalue weighted by Gasteiger charge is 2.30. The molecule has 0 amide bonds. The maximum atomic E-state index is 14.3. The zero-order valence-electron chi connectivity index (χ0n) is 16.0. The van der Waals surface area contributed by atoms with Crippen LogP contribution in [0.1, 0.15) is 29.8 Å².